The maximum Gasteiger partial charge on any atom is 0.407 e. The van der Waals surface area contributed by atoms with Gasteiger partial charge in [0.2, 0.25) is 0 Å². The van der Waals surface area contributed by atoms with Crippen LogP contribution in [0.4, 0.5) is 4.79 Å². The van der Waals surface area contributed by atoms with E-state index < -0.39 is 24.1 Å². The minimum atomic E-state index is -0.699. The van der Waals surface area contributed by atoms with Gasteiger partial charge in [0.15, 0.2) is 0 Å². The van der Waals surface area contributed by atoms with Crippen LogP contribution in [0, 0.1) is 5.92 Å². The summed E-state index contributed by atoms with van der Waals surface area (Å²) in [5, 5.41) is 2.66. The molecule has 136 valence electrons. The van der Waals surface area contributed by atoms with E-state index >= 15 is 0 Å². The molecule has 0 saturated heterocycles. The molecule has 1 atom stereocenters. The molecule has 0 radical (unpaired) electrons. The number of hydrogen-bond acceptors (Lipinski definition) is 6. The molecule has 25 heavy (non-hydrogen) atoms. The number of methoxy groups -OCH3 is 1. The first-order valence-corrected chi connectivity index (χ1v) is 7.82. The molecule has 1 rings (SSSR count). The molecule has 1 N–H and O–H groups in total. The van der Waals surface area contributed by atoms with E-state index in [0.717, 1.165) is 17.7 Å². The average Bonchev–Trinajstić information content (AvgIpc) is 2.61. The molecule has 0 unspecified atom stereocenters. The Morgan fingerprint density at radius 1 is 1.04 bits per heavy atom. The number of carbonyl (C=O) groups excluding carboxylic acids is 3. The van der Waals surface area contributed by atoms with Gasteiger partial charge in [0, 0.05) is 12.2 Å². The van der Waals surface area contributed by atoms with Crippen molar-refractivity contribution in [3.05, 3.63) is 48.0 Å². The van der Waals surface area contributed by atoms with Gasteiger partial charge in [-0.05, 0) is 11.5 Å². The van der Waals surface area contributed by atoms with Crippen LogP contribution in [0.3, 0.4) is 0 Å². The average molecular weight is 349 g/mol. The van der Waals surface area contributed by atoms with Crippen LogP contribution in [0.1, 0.15) is 19.4 Å². The predicted octanol–water partition coefficient (Wildman–Crippen LogP) is 2.21. The third-order valence-electron chi connectivity index (χ3n) is 3.28. The maximum absolute atomic E-state index is 11.9. The van der Waals surface area contributed by atoms with Crippen LogP contribution in [0.2, 0.25) is 0 Å². The zero-order chi connectivity index (χ0) is 18.7. The molecular weight excluding hydrogens is 326 g/mol. The van der Waals surface area contributed by atoms with E-state index in [1.807, 2.05) is 44.2 Å². The number of rotatable bonds is 8. The summed E-state index contributed by atoms with van der Waals surface area (Å²) < 4.78 is 14.5. The SMILES string of the molecule is COC(=O)/C=C/C(=O)OC[C@@H](NC(=O)OCc1ccccc1)C(C)C. The van der Waals surface area contributed by atoms with Crippen molar-refractivity contribution in [3.63, 3.8) is 0 Å². The highest BCUT2D eigenvalue weighted by molar-refractivity contribution is 5.91. The second-order valence-corrected chi connectivity index (χ2v) is 5.54. The molecule has 1 aromatic carbocycles. The van der Waals surface area contributed by atoms with Crippen molar-refractivity contribution in [1.82, 2.24) is 5.32 Å². The van der Waals surface area contributed by atoms with Gasteiger partial charge in [-0.3, -0.25) is 0 Å². The van der Waals surface area contributed by atoms with Gasteiger partial charge in [-0.2, -0.15) is 0 Å². The number of amides is 1. The molecule has 0 spiro atoms. The maximum atomic E-state index is 11.9. The van der Waals surface area contributed by atoms with Crippen LogP contribution in [0.5, 0.6) is 0 Å². The van der Waals surface area contributed by atoms with E-state index in [1.54, 1.807) is 0 Å². The predicted molar refractivity (Wildman–Crippen MR) is 90.5 cm³/mol. The van der Waals surface area contributed by atoms with E-state index in [4.69, 9.17) is 9.47 Å². The number of nitrogens with one attached hydrogen (secondary N) is 1. The van der Waals surface area contributed by atoms with Crippen molar-refractivity contribution in [3.8, 4) is 0 Å². The van der Waals surface area contributed by atoms with Crippen molar-refractivity contribution in [2.24, 2.45) is 5.92 Å². The monoisotopic (exact) mass is 349 g/mol. The summed E-state index contributed by atoms with van der Waals surface area (Å²) in [7, 11) is 1.21. The summed E-state index contributed by atoms with van der Waals surface area (Å²) >= 11 is 0. The lowest BCUT2D eigenvalue weighted by molar-refractivity contribution is -0.140. The molecule has 0 aromatic heterocycles. The molecule has 0 heterocycles. The number of carbonyl (C=O) groups is 3. The summed E-state index contributed by atoms with van der Waals surface area (Å²) in [5.41, 5.74) is 0.873. The van der Waals surface area contributed by atoms with Gasteiger partial charge in [0.25, 0.3) is 0 Å². The fourth-order valence-electron chi connectivity index (χ4n) is 1.74. The van der Waals surface area contributed by atoms with Gasteiger partial charge >= 0.3 is 18.0 Å². The number of alkyl carbamates (subject to hydrolysis) is 1. The van der Waals surface area contributed by atoms with Crippen molar-refractivity contribution >= 4 is 18.0 Å². The van der Waals surface area contributed by atoms with Gasteiger partial charge in [-0.25, -0.2) is 14.4 Å². The first-order chi connectivity index (χ1) is 11.9. The quantitative estimate of drug-likeness (QED) is 0.440. The molecule has 7 heteroatoms. The fourth-order valence-corrected chi connectivity index (χ4v) is 1.74. The Morgan fingerprint density at radius 2 is 1.68 bits per heavy atom. The first-order valence-electron chi connectivity index (χ1n) is 7.82. The largest absolute Gasteiger partial charge is 0.466 e. The number of hydrogen-bond donors (Lipinski definition) is 1. The molecule has 0 bridgehead atoms. The first kappa shape index (κ1) is 20.2. The lowest BCUT2D eigenvalue weighted by Gasteiger charge is -2.21. The Hall–Kier alpha value is -2.83. The molecule has 0 aliphatic rings. The minimum absolute atomic E-state index is 0.0154. The van der Waals surface area contributed by atoms with Crippen molar-refractivity contribution in [2.45, 2.75) is 26.5 Å². The lowest BCUT2D eigenvalue weighted by atomic mass is 10.1. The number of benzene rings is 1. The van der Waals surface area contributed by atoms with Gasteiger partial charge in [0.05, 0.1) is 13.2 Å². The Kier molecular flexibility index (Phi) is 8.78. The molecule has 1 amide bonds. The standard InChI is InChI=1S/C18H23NO6/c1-13(2)15(12-24-17(21)10-9-16(20)23-3)19-18(22)25-11-14-7-5-4-6-8-14/h4-10,13,15H,11-12H2,1-3H3,(H,19,22)/b10-9+/t15-/m1/s1. The second kappa shape index (κ2) is 10.9. The molecular formula is C18H23NO6. The van der Waals surface area contributed by atoms with Crippen LogP contribution < -0.4 is 5.32 Å². The zero-order valence-corrected chi connectivity index (χ0v) is 14.6. The fraction of sp³-hybridized carbons (Fsp3) is 0.389. The Labute approximate surface area is 146 Å². The zero-order valence-electron chi connectivity index (χ0n) is 14.6. The molecule has 1 aromatic rings. The summed E-state index contributed by atoms with van der Waals surface area (Å²) in [5.74, 6) is -1.34. The van der Waals surface area contributed by atoms with E-state index in [-0.39, 0.29) is 19.1 Å². The van der Waals surface area contributed by atoms with Crippen LogP contribution in [-0.2, 0) is 30.4 Å². The molecule has 0 saturated carbocycles. The van der Waals surface area contributed by atoms with Gasteiger partial charge in [-0.1, -0.05) is 44.2 Å². The lowest BCUT2D eigenvalue weighted by Crippen LogP contribution is -2.42. The van der Waals surface area contributed by atoms with Gasteiger partial charge in [-0.15, -0.1) is 0 Å². The third kappa shape index (κ3) is 8.55. The van der Waals surface area contributed by atoms with Crippen LogP contribution in [-0.4, -0.2) is 37.8 Å². The number of esters is 2. The molecule has 0 aliphatic carbocycles. The summed E-state index contributed by atoms with van der Waals surface area (Å²) in [4.78, 5) is 34.3. The highest BCUT2D eigenvalue weighted by Crippen LogP contribution is 2.05. The highest BCUT2D eigenvalue weighted by atomic mass is 16.6. The summed E-state index contributed by atoms with van der Waals surface area (Å²) in [6.07, 6.45) is 1.34. The van der Waals surface area contributed by atoms with Gasteiger partial charge < -0.3 is 19.5 Å². The normalized spacial score (nSPS) is 11.8. The third-order valence-corrected chi connectivity index (χ3v) is 3.28. The Bertz CT molecular complexity index is 597. The van der Waals surface area contributed by atoms with E-state index in [0.29, 0.717) is 0 Å². The highest BCUT2D eigenvalue weighted by Gasteiger charge is 2.18. The van der Waals surface area contributed by atoms with Crippen molar-refractivity contribution in [1.29, 1.82) is 0 Å². The topological polar surface area (TPSA) is 90.9 Å². The van der Waals surface area contributed by atoms with E-state index in [9.17, 15) is 14.4 Å². The minimum Gasteiger partial charge on any atom is -0.466 e. The van der Waals surface area contributed by atoms with Crippen molar-refractivity contribution in [2.75, 3.05) is 13.7 Å². The van der Waals surface area contributed by atoms with Crippen LogP contribution in [0.15, 0.2) is 42.5 Å². The molecule has 0 fully saturated rings. The Balaban J connectivity index is 2.42. The van der Waals surface area contributed by atoms with E-state index in [1.165, 1.54) is 7.11 Å². The van der Waals surface area contributed by atoms with Gasteiger partial charge in [0.1, 0.15) is 13.2 Å². The second-order valence-electron chi connectivity index (χ2n) is 5.54. The van der Waals surface area contributed by atoms with E-state index in [2.05, 4.69) is 10.1 Å². The molecule has 0 aliphatic heterocycles. The molecule has 7 nitrogen and oxygen atoms in total. The smallest absolute Gasteiger partial charge is 0.407 e. The number of ether oxygens (including phenoxy) is 3. The summed E-state index contributed by atoms with van der Waals surface area (Å²) in [6, 6.07) is 8.87. The van der Waals surface area contributed by atoms with Crippen LogP contribution in [0.25, 0.3) is 0 Å². The Morgan fingerprint density at radius 3 is 2.28 bits per heavy atom. The van der Waals surface area contributed by atoms with Crippen molar-refractivity contribution < 1.29 is 28.6 Å². The summed E-state index contributed by atoms with van der Waals surface area (Å²) in [6.45, 7) is 3.86. The van der Waals surface area contributed by atoms with Crippen LogP contribution >= 0.6 is 0 Å².